The van der Waals surface area contributed by atoms with Gasteiger partial charge < -0.3 is 13.7 Å². The van der Waals surface area contributed by atoms with Crippen LogP contribution in [0, 0.1) is 27.7 Å². The number of benzene rings is 9. The van der Waals surface area contributed by atoms with E-state index in [4.69, 9.17) is 8.83 Å². The first-order valence-electron chi connectivity index (χ1n) is 25.0. The molecule has 70 heavy (non-hydrogen) atoms. The maximum absolute atomic E-state index is 6.92. The Balaban J connectivity index is 0.937. The Morgan fingerprint density at radius 1 is 0.357 bits per heavy atom. The van der Waals surface area contributed by atoms with Crippen LogP contribution < -0.4 is 4.90 Å². The Labute approximate surface area is 410 Å². The van der Waals surface area contributed by atoms with Gasteiger partial charge in [-0.3, -0.25) is 0 Å². The molecule has 0 bridgehead atoms. The van der Waals surface area contributed by atoms with Gasteiger partial charge in [0.2, 0.25) is 0 Å². The van der Waals surface area contributed by atoms with E-state index in [1.807, 2.05) is 0 Å². The van der Waals surface area contributed by atoms with Crippen molar-refractivity contribution in [3.63, 3.8) is 0 Å². The molecule has 2 aromatic heterocycles. The highest BCUT2D eigenvalue weighted by Crippen LogP contribution is 2.60. The predicted molar refractivity (Wildman–Crippen MR) is 293 cm³/mol. The van der Waals surface area contributed by atoms with Crippen molar-refractivity contribution in [1.29, 1.82) is 0 Å². The number of hydrogen-bond acceptors (Lipinski definition) is 3. The zero-order chi connectivity index (χ0) is 47.9. The largest absolute Gasteiger partial charge is 0.456 e. The van der Waals surface area contributed by atoms with Crippen LogP contribution in [-0.2, 0) is 16.2 Å². The van der Waals surface area contributed by atoms with Crippen molar-refractivity contribution in [3.8, 4) is 44.5 Å². The van der Waals surface area contributed by atoms with E-state index in [1.54, 1.807) is 0 Å². The lowest BCUT2D eigenvalue weighted by atomic mass is 9.79. The van der Waals surface area contributed by atoms with Gasteiger partial charge in [0.1, 0.15) is 22.3 Å². The smallest absolute Gasteiger partial charge is 0.143 e. The zero-order valence-electron chi connectivity index (χ0n) is 41.7. The number of nitrogens with zero attached hydrogens (tertiary/aromatic N) is 1. The van der Waals surface area contributed by atoms with Crippen LogP contribution in [0.4, 0.5) is 17.1 Å². The van der Waals surface area contributed by atoms with Gasteiger partial charge in [-0.25, -0.2) is 0 Å². The highest BCUT2D eigenvalue weighted by molar-refractivity contribution is 6.19. The van der Waals surface area contributed by atoms with Gasteiger partial charge in [0.15, 0.2) is 0 Å². The summed E-state index contributed by atoms with van der Waals surface area (Å²) in [7, 11) is 0. The Kier molecular flexibility index (Phi) is 8.15. The Morgan fingerprint density at radius 3 is 1.60 bits per heavy atom. The summed E-state index contributed by atoms with van der Waals surface area (Å²) in [5.74, 6) is 0. The molecule has 9 aromatic carbocycles. The third-order valence-electron chi connectivity index (χ3n) is 17.0. The molecule has 0 N–H and O–H groups in total. The monoisotopic (exact) mass is 905 g/mol. The predicted octanol–water partition coefficient (Wildman–Crippen LogP) is 18.8. The van der Waals surface area contributed by atoms with Crippen LogP contribution in [-0.4, -0.2) is 0 Å². The lowest BCUT2D eigenvalue weighted by Crippen LogP contribution is -2.18. The minimum absolute atomic E-state index is 0.168. The summed E-state index contributed by atoms with van der Waals surface area (Å²) in [6.07, 6.45) is 0. The number of anilines is 3. The van der Waals surface area contributed by atoms with E-state index >= 15 is 0 Å². The Hall–Kier alpha value is -7.62. The fraction of sp³-hybridized carbons (Fsp3) is 0.194. The lowest BCUT2D eigenvalue weighted by molar-refractivity contribution is 0.651. The van der Waals surface area contributed by atoms with Gasteiger partial charge in [-0.2, -0.15) is 0 Å². The van der Waals surface area contributed by atoms with E-state index in [-0.39, 0.29) is 16.2 Å². The van der Waals surface area contributed by atoms with Crippen LogP contribution in [0.25, 0.3) is 88.4 Å². The molecule has 0 aliphatic heterocycles. The van der Waals surface area contributed by atoms with Crippen LogP contribution in [0.5, 0.6) is 0 Å². The summed E-state index contributed by atoms with van der Waals surface area (Å²) in [5, 5.41) is 4.78. The van der Waals surface area contributed by atoms with Crippen molar-refractivity contribution in [2.75, 3.05) is 4.90 Å². The number of hydrogen-bond donors (Lipinski definition) is 0. The minimum atomic E-state index is -0.297. The van der Waals surface area contributed by atoms with Crippen molar-refractivity contribution < 1.29 is 8.83 Å². The Morgan fingerprint density at radius 2 is 0.886 bits per heavy atom. The van der Waals surface area contributed by atoms with Gasteiger partial charge >= 0.3 is 0 Å². The third kappa shape index (κ3) is 5.30. The summed E-state index contributed by atoms with van der Waals surface area (Å²) < 4.78 is 13.4. The van der Waals surface area contributed by atoms with Gasteiger partial charge in [0.25, 0.3) is 0 Å². The molecule has 0 atom stereocenters. The molecule has 3 aliphatic rings. The summed E-state index contributed by atoms with van der Waals surface area (Å²) >= 11 is 0. The van der Waals surface area contributed by atoms with Gasteiger partial charge in [-0.1, -0.05) is 132 Å². The zero-order valence-corrected chi connectivity index (χ0v) is 41.7. The molecule has 3 nitrogen and oxygen atoms in total. The maximum Gasteiger partial charge on any atom is 0.143 e. The molecule has 340 valence electrons. The van der Waals surface area contributed by atoms with E-state index in [9.17, 15) is 0 Å². The highest BCUT2D eigenvalue weighted by Gasteiger charge is 2.44. The fourth-order valence-corrected chi connectivity index (χ4v) is 13.7. The number of aryl methyl sites for hydroxylation is 4. The molecule has 3 heteroatoms. The normalized spacial score (nSPS) is 15.3. The third-order valence-corrected chi connectivity index (χ3v) is 17.0. The number of fused-ring (bicyclic) bond motifs is 17. The van der Waals surface area contributed by atoms with Crippen molar-refractivity contribution >= 4 is 60.9 Å². The lowest BCUT2D eigenvalue weighted by Gasteiger charge is -2.30. The molecule has 0 radical (unpaired) electrons. The molecule has 0 spiro atoms. The number of para-hydroxylation sites is 3. The molecule has 0 fully saturated rings. The van der Waals surface area contributed by atoms with E-state index < -0.39 is 0 Å². The van der Waals surface area contributed by atoms with Crippen molar-refractivity contribution in [1.82, 2.24) is 0 Å². The number of furan rings is 2. The Bertz CT molecular complexity index is 4120. The summed E-state index contributed by atoms with van der Waals surface area (Å²) in [6, 6.07) is 57.0. The molecular formula is C67H55NO2. The first-order chi connectivity index (χ1) is 33.6. The second-order valence-corrected chi connectivity index (χ2v) is 22.3. The number of rotatable bonds is 4. The van der Waals surface area contributed by atoms with Gasteiger partial charge in [-0.15, -0.1) is 0 Å². The molecule has 0 saturated heterocycles. The second-order valence-electron chi connectivity index (χ2n) is 22.3. The van der Waals surface area contributed by atoms with Gasteiger partial charge in [0, 0.05) is 60.4 Å². The van der Waals surface area contributed by atoms with E-state index in [0.717, 1.165) is 39.1 Å². The van der Waals surface area contributed by atoms with Crippen molar-refractivity contribution in [3.05, 3.63) is 207 Å². The fourth-order valence-electron chi connectivity index (χ4n) is 13.7. The van der Waals surface area contributed by atoms with Gasteiger partial charge in [0.05, 0.1) is 0 Å². The minimum Gasteiger partial charge on any atom is -0.456 e. The summed E-state index contributed by atoms with van der Waals surface area (Å²) in [6.45, 7) is 23.4. The van der Waals surface area contributed by atoms with Crippen molar-refractivity contribution in [2.45, 2.75) is 85.5 Å². The average molecular weight is 906 g/mol. The van der Waals surface area contributed by atoms with Crippen LogP contribution in [0.15, 0.2) is 160 Å². The van der Waals surface area contributed by atoms with E-state index in [2.05, 4.69) is 226 Å². The molecule has 11 aromatic rings. The highest BCUT2D eigenvalue weighted by atomic mass is 16.3. The van der Waals surface area contributed by atoms with Crippen LogP contribution in [0.1, 0.15) is 97.2 Å². The topological polar surface area (TPSA) is 29.5 Å². The second kappa shape index (κ2) is 13.8. The molecule has 2 heterocycles. The van der Waals surface area contributed by atoms with Crippen LogP contribution in [0.2, 0.25) is 0 Å². The SMILES string of the molecule is Cc1cc(C)c(-c2cc3c(c4c2oc2ccccc24)-c2ccc(N(c4ccc5c(c4)C(C)(C)c4cc6c(cc4-5)C(C)(C)c4ccc5oc7ccccc7c5c4-6)c4ccccc4C)cc2C3(C)C)c(C)c1. The van der Waals surface area contributed by atoms with E-state index in [1.165, 1.54) is 122 Å². The molecule has 3 aliphatic carbocycles. The van der Waals surface area contributed by atoms with Crippen molar-refractivity contribution in [2.24, 2.45) is 0 Å². The first-order valence-corrected chi connectivity index (χ1v) is 25.0. The molecule has 0 saturated carbocycles. The van der Waals surface area contributed by atoms with Crippen LogP contribution >= 0.6 is 0 Å². The van der Waals surface area contributed by atoms with Crippen LogP contribution in [0.3, 0.4) is 0 Å². The molecule has 0 amide bonds. The first kappa shape index (κ1) is 41.4. The molecule has 0 unspecified atom stereocenters. The summed E-state index contributed by atoms with van der Waals surface area (Å²) in [5.41, 5.74) is 30.0. The van der Waals surface area contributed by atoms with E-state index in [0.29, 0.717) is 0 Å². The standard InChI is InChI=1S/C67H55NO2/c1-36-29-38(3)59(39(4)30-36)48-35-54-60(63-45-19-13-16-22-57(45)70-64(48)63)43-26-24-41(32-51(43)67(54,9)10)68(55-20-14-11-17-37(55)2)40-23-25-42-46-33-53-47(34-52(46)66(7,8)50(42)31-40)61-49(65(53,5)6)27-28-58-62(61)44-18-12-15-21-56(44)69-58/h11-35H,1-10H3. The molecule has 14 rings (SSSR count). The molecular weight excluding hydrogens is 851 g/mol. The average Bonchev–Trinajstić information content (AvgIpc) is 4.08. The van der Waals surface area contributed by atoms with Gasteiger partial charge in [-0.05, 0) is 183 Å². The summed E-state index contributed by atoms with van der Waals surface area (Å²) in [4.78, 5) is 2.50. The quantitative estimate of drug-likeness (QED) is 0.176. The maximum atomic E-state index is 6.92.